The average molecular weight is 387 g/mol. The highest BCUT2D eigenvalue weighted by Crippen LogP contribution is 2.07. The summed E-state index contributed by atoms with van der Waals surface area (Å²) in [5.74, 6) is -0.775. The minimum atomic E-state index is -1.17. The first-order chi connectivity index (χ1) is 12.5. The Balaban J connectivity index is 2.25. The van der Waals surface area contributed by atoms with Crippen molar-refractivity contribution < 1.29 is 34.0 Å². The summed E-state index contributed by atoms with van der Waals surface area (Å²) >= 11 is 1.21. The van der Waals surface area contributed by atoms with Gasteiger partial charge < -0.3 is 29.7 Å². The number of thioether (sulfide) groups is 1. The predicted octanol–water partition coefficient (Wildman–Crippen LogP) is 1.12. The molecule has 26 heavy (non-hydrogen) atoms. The second kappa shape index (κ2) is 13.4. The Morgan fingerprint density at radius 1 is 1.19 bits per heavy atom. The van der Waals surface area contributed by atoms with Gasteiger partial charge in [-0.2, -0.15) is 11.8 Å². The molecule has 2 atom stereocenters. The van der Waals surface area contributed by atoms with Crippen molar-refractivity contribution in [1.29, 1.82) is 0 Å². The molecule has 3 N–H and O–H groups in total. The molecule has 0 aliphatic carbocycles. The van der Waals surface area contributed by atoms with Crippen molar-refractivity contribution in [3.05, 3.63) is 35.9 Å². The molecule has 1 amide bonds. The number of rotatable bonds is 13. The average Bonchev–Trinajstić information content (AvgIpc) is 2.63. The van der Waals surface area contributed by atoms with E-state index in [9.17, 15) is 19.8 Å². The summed E-state index contributed by atoms with van der Waals surface area (Å²) in [5.41, 5.74) is 0.806. The fraction of sp³-hybridized carbons (Fsp3) is 0.529. The molecule has 2 unspecified atom stereocenters. The van der Waals surface area contributed by atoms with E-state index in [0.29, 0.717) is 13.2 Å². The number of carboxylic acid groups (broad SMARTS) is 1. The topological polar surface area (TPSA) is 114 Å². The first-order valence-corrected chi connectivity index (χ1v) is 9.21. The van der Waals surface area contributed by atoms with Crippen LogP contribution in [0.3, 0.4) is 0 Å². The van der Waals surface area contributed by atoms with Gasteiger partial charge in [-0.05, 0) is 5.56 Å². The van der Waals surface area contributed by atoms with Crippen molar-refractivity contribution in [2.45, 2.75) is 18.8 Å². The number of ether oxygens (including phenoxy) is 3. The van der Waals surface area contributed by atoms with E-state index in [1.807, 2.05) is 18.2 Å². The molecule has 0 aliphatic rings. The molecule has 146 valence electrons. The number of aliphatic hydroxyl groups is 1. The van der Waals surface area contributed by atoms with Crippen LogP contribution in [0.15, 0.2) is 30.3 Å². The summed E-state index contributed by atoms with van der Waals surface area (Å²) in [6, 6.07) is 7.97. The van der Waals surface area contributed by atoms with E-state index in [0.717, 1.165) is 5.56 Å². The number of hydrogen-bond acceptors (Lipinski definition) is 7. The van der Waals surface area contributed by atoms with Gasteiger partial charge >= 0.3 is 12.1 Å². The number of carboxylic acids is 1. The minimum Gasteiger partial charge on any atom is -0.480 e. The molecule has 1 aromatic rings. The first kappa shape index (κ1) is 22.2. The van der Waals surface area contributed by atoms with Gasteiger partial charge in [-0.25, -0.2) is 9.59 Å². The van der Waals surface area contributed by atoms with Gasteiger partial charge in [-0.15, -0.1) is 0 Å². The van der Waals surface area contributed by atoms with Crippen LogP contribution in [0.1, 0.15) is 5.56 Å². The van der Waals surface area contributed by atoms with Crippen molar-refractivity contribution in [3.8, 4) is 0 Å². The quantitative estimate of drug-likeness (QED) is 0.432. The van der Waals surface area contributed by atoms with Crippen molar-refractivity contribution >= 4 is 23.8 Å². The lowest BCUT2D eigenvalue weighted by molar-refractivity contribution is -0.138. The predicted molar refractivity (Wildman–Crippen MR) is 97.2 cm³/mol. The van der Waals surface area contributed by atoms with Crippen LogP contribution in [0.25, 0.3) is 0 Å². The highest BCUT2D eigenvalue weighted by atomic mass is 32.2. The Morgan fingerprint density at radius 2 is 1.92 bits per heavy atom. The van der Waals surface area contributed by atoms with Gasteiger partial charge in [0.15, 0.2) is 0 Å². The van der Waals surface area contributed by atoms with Crippen LogP contribution >= 0.6 is 11.8 Å². The van der Waals surface area contributed by atoms with Crippen LogP contribution in [0, 0.1) is 0 Å². The van der Waals surface area contributed by atoms with Gasteiger partial charge in [0.25, 0.3) is 0 Å². The molecule has 0 spiro atoms. The Hall–Kier alpha value is -1.81. The molecule has 0 fully saturated rings. The smallest absolute Gasteiger partial charge is 0.408 e. The third kappa shape index (κ3) is 10.2. The summed E-state index contributed by atoms with van der Waals surface area (Å²) in [5, 5.41) is 21.2. The van der Waals surface area contributed by atoms with Crippen molar-refractivity contribution in [2.75, 3.05) is 38.4 Å². The first-order valence-electron chi connectivity index (χ1n) is 8.05. The van der Waals surface area contributed by atoms with Crippen molar-refractivity contribution in [1.82, 2.24) is 5.32 Å². The zero-order valence-electron chi connectivity index (χ0n) is 14.6. The summed E-state index contributed by atoms with van der Waals surface area (Å²) < 4.78 is 15.0. The number of aliphatic carboxylic acids is 1. The number of aliphatic hydroxyl groups excluding tert-OH is 1. The number of nitrogens with one attached hydrogen (secondary N) is 1. The monoisotopic (exact) mass is 387 g/mol. The lowest BCUT2D eigenvalue weighted by Crippen LogP contribution is -2.43. The maximum absolute atomic E-state index is 11.7. The number of carbonyl (C=O) groups is 2. The molecule has 0 radical (unpaired) electrons. The molecule has 1 aromatic carbocycles. The van der Waals surface area contributed by atoms with E-state index in [4.69, 9.17) is 14.2 Å². The molecule has 9 heteroatoms. The van der Waals surface area contributed by atoms with Crippen LogP contribution < -0.4 is 5.32 Å². The molecule has 8 nitrogen and oxygen atoms in total. The highest BCUT2D eigenvalue weighted by molar-refractivity contribution is 7.99. The zero-order valence-corrected chi connectivity index (χ0v) is 15.4. The third-order valence-corrected chi connectivity index (χ3v) is 4.33. The second-order valence-corrected chi connectivity index (χ2v) is 6.43. The summed E-state index contributed by atoms with van der Waals surface area (Å²) in [6.45, 7) is 1.02. The molecular weight excluding hydrogens is 362 g/mol. The summed E-state index contributed by atoms with van der Waals surface area (Å²) in [4.78, 5) is 23.0. The number of benzene rings is 1. The van der Waals surface area contributed by atoms with Gasteiger partial charge in [0.2, 0.25) is 0 Å². The highest BCUT2D eigenvalue weighted by Gasteiger charge is 2.21. The fourth-order valence-corrected chi connectivity index (χ4v) is 2.78. The zero-order chi connectivity index (χ0) is 19.2. The lowest BCUT2D eigenvalue weighted by Gasteiger charge is -2.16. The van der Waals surface area contributed by atoms with E-state index >= 15 is 0 Å². The Bertz CT molecular complexity index is 529. The number of methoxy groups -OCH3 is 1. The van der Waals surface area contributed by atoms with Gasteiger partial charge in [0.1, 0.15) is 12.6 Å². The lowest BCUT2D eigenvalue weighted by atomic mass is 10.2. The molecule has 0 saturated carbocycles. The Labute approximate surface area is 156 Å². The van der Waals surface area contributed by atoms with Crippen molar-refractivity contribution in [3.63, 3.8) is 0 Å². The molecule has 0 heterocycles. The third-order valence-electron chi connectivity index (χ3n) is 3.14. The van der Waals surface area contributed by atoms with Crippen LogP contribution in [0.2, 0.25) is 0 Å². The summed E-state index contributed by atoms with van der Waals surface area (Å²) in [7, 11) is 1.56. The van der Waals surface area contributed by atoms with Crippen LogP contribution in [0.5, 0.6) is 0 Å². The Morgan fingerprint density at radius 3 is 2.58 bits per heavy atom. The molecule has 1 rings (SSSR count). The summed E-state index contributed by atoms with van der Waals surface area (Å²) in [6.07, 6.45) is -1.53. The van der Waals surface area contributed by atoms with E-state index in [1.54, 1.807) is 19.2 Å². The largest absolute Gasteiger partial charge is 0.480 e. The maximum atomic E-state index is 11.7. The van der Waals surface area contributed by atoms with E-state index in [2.05, 4.69) is 5.32 Å². The van der Waals surface area contributed by atoms with E-state index in [-0.39, 0.29) is 24.7 Å². The standard InChI is InChI=1S/C17H25NO7S/c1-23-7-8-24-10-14(19)11-26-12-15(16(20)21)18-17(22)25-9-13-5-3-2-4-6-13/h2-6,14-15,19H,7-12H2,1H3,(H,18,22)(H,20,21). The van der Waals surface area contributed by atoms with Gasteiger partial charge in [-0.1, -0.05) is 30.3 Å². The van der Waals surface area contributed by atoms with E-state index < -0.39 is 24.2 Å². The Kier molecular flexibility index (Phi) is 11.5. The minimum absolute atomic E-state index is 0.0592. The number of alkyl carbamates (subject to hydrolysis) is 1. The van der Waals surface area contributed by atoms with Gasteiger partial charge in [0.05, 0.1) is 25.9 Å². The SMILES string of the molecule is COCCOCC(O)CSCC(NC(=O)OCc1ccccc1)C(=O)O. The van der Waals surface area contributed by atoms with E-state index in [1.165, 1.54) is 11.8 Å². The maximum Gasteiger partial charge on any atom is 0.408 e. The molecular formula is C17H25NO7S. The second-order valence-electron chi connectivity index (χ2n) is 5.36. The molecule has 0 aromatic heterocycles. The number of carbonyl (C=O) groups excluding carboxylic acids is 1. The van der Waals surface area contributed by atoms with Crippen LogP contribution in [-0.2, 0) is 25.6 Å². The van der Waals surface area contributed by atoms with Crippen molar-refractivity contribution in [2.24, 2.45) is 0 Å². The van der Waals surface area contributed by atoms with Gasteiger partial charge in [-0.3, -0.25) is 0 Å². The number of amides is 1. The fourth-order valence-electron chi connectivity index (χ4n) is 1.81. The normalized spacial score (nSPS) is 13.0. The van der Waals surface area contributed by atoms with Crippen LogP contribution in [-0.4, -0.2) is 72.9 Å². The van der Waals surface area contributed by atoms with Crippen LogP contribution in [0.4, 0.5) is 4.79 Å². The molecule has 0 saturated heterocycles. The van der Waals surface area contributed by atoms with Gasteiger partial charge in [0, 0.05) is 18.6 Å². The molecule has 0 bridgehead atoms. The number of hydrogen-bond donors (Lipinski definition) is 3. The molecule has 0 aliphatic heterocycles.